The number of hydrogen-bond acceptors (Lipinski definition) is 3. The molecule has 0 radical (unpaired) electrons. The quantitative estimate of drug-likeness (QED) is 0.661. The largest absolute Gasteiger partial charge is 0.240 e. The maximum Gasteiger partial charge on any atom is 0.240 e. The number of thioether (sulfide) groups is 1. The van der Waals surface area contributed by atoms with E-state index < -0.39 is 10.0 Å². The summed E-state index contributed by atoms with van der Waals surface area (Å²) >= 11 is 1.69. The third-order valence-electron chi connectivity index (χ3n) is 3.75. The molecule has 0 amide bonds. The zero-order valence-electron chi connectivity index (χ0n) is 14.2. The van der Waals surface area contributed by atoms with E-state index in [9.17, 15) is 8.42 Å². The third kappa shape index (κ3) is 5.96. The van der Waals surface area contributed by atoms with Gasteiger partial charge in [-0.15, -0.1) is 11.8 Å². The summed E-state index contributed by atoms with van der Waals surface area (Å²) in [4.78, 5) is 1.49. The second-order valence-corrected chi connectivity index (χ2v) is 8.70. The van der Waals surface area contributed by atoms with Crippen LogP contribution in [-0.2, 0) is 10.0 Å². The van der Waals surface area contributed by atoms with Gasteiger partial charge in [-0.3, -0.25) is 0 Å². The Bertz CT molecular complexity index is 713. The van der Waals surface area contributed by atoms with E-state index in [1.165, 1.54) is 0 Å². The number of sulfonamides is 1. The molecule has 3 nitrogen and oxygen atoms in total. The molecule has 0 aliphatic heterocycles. The second-order valence-electron chi connectivity index (χ2n) is 5.90. The highest BCUT2D eigenvalue weighted by atomic mass is 32.2. The molecule has 0 heterocycles. The van der Waals surface area contributed by atoms with Crippen molar-refractivity contribution < 1.29 is 8.42 Å². The molecule has 2 aromatic carbocycles. The number of benzene rings is 2. The van der Waals surface area contributed by atoms with Crippen molar-refractivity contribution in [2.45, 2.75) is 48.9 Å². The van der Waals surface area contributed by atoms with Gasteiger partial charge in [0, 0.05) is 16.7 Å². The molecule has 5 heteroatoms. The minimum atomic E-state index is -3.47. The molecule has 130 valence electrons. The molecule has 2 aromatic rings. The van der Waals surface area contributed by atoms with E-state index in [-0.39, 0.29) is 6.04 Å². The minimum Gasteiger partial charge on any atom is -0.207 e. The Hall–Kier alpha value is -1.30. The highest BCUT2D eigenvalue weighted by Crippen LogP contribution is 2.21. The molecular weight excluding hydrogens is 338 g/mol. The molecule has 0 spiro atoms. The van der Waals surface area contributed by atoms with Gasteiger partial charge >= 0.3 is 0 Å². The van der Waals surface area contributed by atoms with Crippen molar-refractivity contribution in [1.82, 2.24) is 4.72 Å². The molecule has 0 saturated heterocycles. The highest BCUT2D eigenvalue weighted by molar-refractivity contribution is 7.99. The van der Waals surface area contributed by atoms with Gasteiger partial charge in [-0.2, -0.15) is 0 Å². The van der Waals surface area contributed by atoms with Crippen LogP contribution in [0.1, 0.15) is 31.7 Å². The lowest BCUT2D eigenvalue weighted by atomic mass is 10.2. The average Bonchev–Trinajstić information content (AvgIpc) is 2.58. The SMILES string of the molecule is CCCC[C@H](CSc1ccccc1)NS(=O)(=O)c1ccc(C)cc1. The Kier molecular flexibility index (Phi) is 7.34. The summed E-state index contributed by atoms with van der Waals surface area (Å²) in [5, 5.41) is 0. The predicted octanol–water partition coefficient (Wildman–Crippen LogP) is 4.62. The van der Waals surface area contributed by atoms with Gasteiger partial charge in [0.05, 0.1) is 4.90 Å². The first kappa shape index (κ1) is 19.0. The molecule has 0 aliphatic carbocycles. The molecule has 0 unspecified atom stereocenters. The maximum absolute atomic E-state index is 12.6. The Labute approximate surface area is 149 Å². The van der Waals surface area contributed by atoms with Gasteiger partial charge in [-0.05, 0) is 37.6 Å². The van der Waals surface area contributed by atoms with Crippen molar-refractivity contribution in [3.8, 4) is 0 Å². The number of hydrogen-bond donors (Lipinski definition) is 1. The zero-order chi connectivity index (χ0) is 17.4. The lowest BCUT2D eigenvalue weighted by molar-refractivity contribution is 0.538. The molecule has 0 aromatic heterocycles. The second kappa shape index (κ2) is 9.25. The van der Waals surface area contributed by atoms with E-state index in [1.54, 1.807) is 23.9 Å². The zero-order valence-corrected chi connectivity index (χ0v) is 15.9. The van der Waals surface area contributed by atoms with Crippen LogP contribution < -0.4 is 4.72 Å². The summed E-state index contributed by atoms with van der Waals surface area (Å²) < 4.78 is 28.1. The topological polar surface area (TPSA) is 46.2 Å². The Morgan fingerprint density at radius 2 is 1.71 bits per heavy atom. The fourth-order valence-electron chi connectivity index (χ4n) is 2.35. The Morgan fingerprint density at radius 3 is 2.33 bits per heavy atom. The summed E-state index contributed by atoms with van der Waals surface area (Å²) in [6.07, 6.45) is 2.91. The van der Waals surface area contributed by atoms with Gasteiger partial charge in [0.15, 0.2) is 0 Å². The van der Waals surface area contributed by atoms with Gasteiger partial charge in [0.2, 0.25) is 10.0 Å². The van der Waals surface area contributed by atoms with Gasteiger partial charge in [0.1, 0.15) is 0 Å². The minimum absolute atomic E-state index is 0.0681. The molecular formula is C19H25NO2S2. The van der Waals surface area contributed by atoms with E-state index >= 15 is 0 Å². The lowest BCUT2D eigenvalue weighted by Gasteiger charge is -2.18. The van der Waals surface area contributed by atoms with E-state index in [1.807, 2.05) is 37.3 Å². The number of nitrogens with one attached hydrogen (secondary N) is 1. The van der Waals surface area contributed by atoms with Crippen molar-refractivity contribution in [3.63, 3.8) is 0 Å². The fourth-order valence-corrected chi connectivity index (χ4v) is 4.71. The van der Waals surface area contributed by atoms with Crippen LogP contribution in [0.4, 0.5) is 0 Å². The maximum atomic E-state index is 12.6. The standard InChI is InChI=1S/C19H25NO2S2/c1-3-4-8-17(15-23-18-9-6-5-7-10-18)20-24(21,22)19-13-11-16(2)12-14-19/h5-7,9-14,17,20H,3-4,8,15H2,1-2H3/t17-/m1/s1. The van der Waals surface area contributed by atoms with Crippen molar-refractivity contribution in [2.24, 2.45) is 0 Å². The molecule has 0 fully saturated rings. The number of rotatable bonds is 9. The molecule has 24 heavy (non-hydrogen) atoms. The van der Waals surface area contributed by atoms with Crippen LogP contribution in [0.25, 0.3) is 0 Å². The summed E-state index contributed by atoms with van der Waals surface area (Å²) in [5.74, 6) is 0.731. The Balaban J connectivity index is 2.05. The smallest absolute Gasteiger partial charge is 0.207 e. The van der Waals surface area contributed by atoms with Crippen LogP contribution in [-0.4, -0.2) is 20.2 Å². The van der Waals surface area contributed by atoms with Gasteiger partial charge in [0.25, 0.3) is 0 Å². The molecule has 0 bridgehead atoms. The van der Waals surface area contributed by atoms with Crippen molar-refractivity contribution in [3.05, 3.63) is 60.2 Å². The highest BCUT2D eigenvalue weighted by Gasteiger charge is 2.20. The van der Waals surface area contributed by atoms with E-state index in [4.69, 9.17) is 0 Å². The molecule has 0 aliphatic rings. The normalized spacial score (nSPS) is 12.9. The number of aryl methyl sites for hydroxylation is 1. The van der Waals surface area contributed by atoms with E-state index in [0.29, 0.717) is 4.90 Å². The predicted molar refractivity (Wildman–Crippen MR) is 102 cm³/mol. The summed E-state index contributed by atoms with van der Waals surface area (Å²) in [6, 6.07) is 17.0. The van der Waals surface area contributed by atoms with Gasteiger partial charge < -0.3 is 0 Å². The van der Waals surface area contributed by atoms with Crippen LogP contribution in [0.5, 0.6) is 0 Å². The van der Waals surface area contributed by atoms with E-state index in [0.717, 1.165) is 35.5 Å². The van der Waals surface area contributed by atoms with Gasteiger partial charge in [-0.25, -0.2) is 13.1 Å². The van der Waals surface area contributed by atoms with Crippen LogP contribution in [0, 0.1) is 6.92 Å². The van der Waals surface area contributed by atoms with Crippen LogP contribution in [0.3, 0.4) is 0 Å². The monoisotopic (exact) mass is 363 g/mol. The first-order chi connectivity index (χ1) is 11.5. The summed E-state index contributed by atoms with van der Waals surface area (Å²) in [6.45, 7) is 4.07. The summed E-state index contributed by atoms with van der Waals surface area (Å²) in [7, 11) is -3.47. The number of unbranched alkanes of at least 4 members (excludes halogenated alkanes) is 1. The first-order valence-corrected chi connectivity index (χ1v) is 10.7. The van der Waals surface area contributed by atoms with Crippen LogP contribution in [0.2, 0.25) is 0 Å². The first-order valence-electron chi connectivity index (χ1n) is 8.28. The van der Waals surface area contributed by atoms with E-state index in [2.05, 4.69) is 23.8 Å². The Morgan fingerprint density at radius 1 is 1.04 bits per heavy atom. The van der Waals surface area contributed by atoms with Crippen molar-refractivity contribution in [2.75, 3.05) is 5.75 Å². The summed E-state index contributed by atoms with van der Waals surface area (Å²) in [5.41, 5.74) is 1.05. The average molecular weight is 364 g/mol. The molecule has 1 atom stereocenters. The van der Waals surface area contributed by atoms with Crippen molar-refractivity contribution in [1.29, 1.82) is 0 Å². The van der Waals surface area contributed by atoms with Gasteiger partial charge in [-0.1, -0.05) is 55.7 Å². The molecule has 1 N–H and O–H groups in total. The lowest BCUT2D eigenvalue weighted by Crippen LogP contribution is -2.36. The van der Waals surface area contributed by atoms with Crippen LogP contribution >= 0.6 is 11.8 Å². The van der Waals surface area contributed by atoms with Crippen molar-refractivity contribution >= 4 is 21.8 Å². The fraction of sp³-hybridized carbons (Fsp3) is 0.368. The van der Waals surface area contributed by atoms with Crippen LogP contribution in [0.15, 0.2) is 64.4 Å². The molecule has 0 saturated carbocycles. The third-order valence-corrected chi connectivity index (χ3v) is 6.46. The molecule has 2 rings (SSSR count).